The van der Waals surface area contributed by atoms with E-state index in [1.807, 2.05) is 24.3 Å². The van der Waals surface area contributed by atoms with E-state index in [2.05, 4.69) is 19.2 Å². The fourth-order valence-corrected chi connectivity index (χ4v) is 2.38. The van der Waals surface area contributed by atoms with Gasteiger partial charge in [0.05, 0.1) is 19.3 Å². The van der Waals surface area contributed by atoms with E-state index in [0.717, 1.165) is 23.7 Å². The van der Waals surface area contributed by atoms with Gasteiger partial charge in [-0.25, -0.2) is 0 Å². The molecule has 0 aromatic heterocycles. The van der Waals surface area contributed by atoms with Crippen molar-refractivity contribution in [3.63, 3.8) is 0 Å². The van der Waals surface area contributed by atoms with Gasteiger partial charge in [0.15, 0.2) is 0 Å². The number of hydrogen-bond donors (Lipinski definition) is 1. The third kappa shape index (κ3) is 6.35. The summed E-state index contributed by atoms with van der Waals surface area (Å²) >= 11 is 6.29. The molecular formula is C17H26ClNO2. The summed E-state index contributed by atoms with van der Waals surface area (Å²) in [4.78, 5) is 0. The average molecular weight is 312 g/mol. The van der Waals surface area contributed by atoms with Gasteiger partial charge in [-0.2, -0.15) is 0 Å². The lowest BCUT2D eigenvalue weighted by molar-refractivity contribution is -0.00140. The lowest BCUT2D eigenvalue weighted by Gasteiger charge is -2.20. The molecule has 0 spiro atoms. The minimum atomic E-state index is -0.0121. The monoisotopic (exact) mass is 311 g/mol. The van der Waals surface area contributed by atoms with Gasteiger partial charge >= 0.3 is 0 Å². The Morgan fingerprint density at radius 3 is 2.67 bits per heavy atom. The normalized spacial score (nSPS) is 16.4. The van der Waals surface area contributed by atoms with Crippen molar-refractivity contribution >= 4 is 11.6 Å². The molecular weight excluding hydrogens is 286 g/mol. The molecule has 1 aliphatic rings. The maximum absolute atomic E-state index is 6.29. The topological polar surface area (TPSA) is 30.5 Å². The lowest BCUT2D eigenvalue weighted by atomic mass is 10.1. The van der Waals surface area contributed by atoms with E-state index >= 15 is 0 Å². The second kappa shape index (κ2) is 8.74. The van der Waals surface area contributed by atoms with Crippen LogP contribution in [0.5, 0.6) is 0 Å². The van der Waals surface area contributed by atoms with Crippen LogP contribution >= 0.6 is 11.6 Å². The van der Waals surface area contributed by atoms with Crippen LogP contribution < -0.4 is 5.32 Å². The number of ether oxygens (including phenoxy) is 2. The molecule has 1 unspecified atom stereocenters. The van der Waals surface area contributed by atoms with Gasteiger partial charge in [-0.3, -0.25) is 0 Å². The molecule has 1 aromatic carbocycles. The largest absolute Gasteiger partial charge is 0.379 e. The minimum absolute atomic E-state index is 0.0121. The second-order valence-corrected chi connectivity index (χ2v) is 6.44. The van der Waals surface area contributed by atoms with E-state index < -0.39 is 0 Å². The maximum Gasteiger partial charge on any atom is 0.0964 e. The number of halogens is 1. The predicted molar refractivity (Wildman–Crippen MR) is 86.8 cm³/mol. The van der Waals surface area contributed by atoms with Crippen molar-refractivity contribution in [1.82, 2.24) is 5.32 Å². The Morgan fingerprint density at radius 2 is 2.00 bits per heavy atom. The lowest BCUT2D eigenvalue weighted by Crippen LogP contribution is -2.26. The van der Waals surface area contributed by atoms with Gasteiger partial charge in [-0.05, 0) is 24.8 Å². The zero-order valence-corrected chi connectivity index (χ0v) is 13.7. The first-order valence-corrected chi connectivity index (χ1v) is 8.21. The Labute approximate surface area is 133 Å². The quantitative estimate of drug-likeness (QED) is 0.666. The van der Waals surface area contributed by atoms with Gasteiger partial charge in [0, 0.05) is 29.8 Å². The third-order valence-electron chi connectivity index (χ3n) is 3.42. The van der Waals surface area contributed by atoms with Crippen LogP contribution in [0.25, 0.3) is 0 Å². The molecule has 1 N–H and O–H groups in total. The maximum atomic E-state index is 6.29. The molecule has 0 aliphatic heterocycles. The van der Waals surface area contributed by atoms with Gasteiger partial charge in [0.25, 0.3) is 0 Å². The first-order chi connectivity index (χ1) is 10.2. The Kier molecular flexibility index (Phi) is 6.97. The van der Waals surface area contributed by atoms with Crippen LogP contribution in [0.1, 0.15) is 38.4 Å². The zero-order valence-electron chi connectivity index (χ0n) is 13.0. The summed E-state index contributed by atoms with van der Waals surface area (Å²) in [5.41, 5.74) is 1.05. The van der Waals surface area contributed by atoms with Gasteiger partial charge in [0.1, 0.15) is 0 Å². The van der Waals surface area contributed by atoms with E-state index in [9.17, 15) is 0 Å². The molecule has 1 aromatic rings. The predicted octanol–water partition coefficient (Wildman–Crippen LogP) is 3.82. The summed E-state index contributed by atoms with van der Waals surface area (Å²) in [6.45, 7) is 7.09. The molecule has 3 nitrogen and oxygen atoms in total. The third-order valence-corrected chi connectivity index (χ3v) is 3.76. The zero-order chi connectivity index (χ0) is 15.1. The van der Waals surface area contributed by atoms with Crippen molar-refractivity contribution < 1.29 is 9.47 Å². The first kappa shape index (κ1) is 16.8. The highest BCUT2D eigenvalue weighted by atomic mass is 35.5. The molecule has 0 bridgehead atoms. The molecule has 21 heavy (non-hydrogen) atoms. The van der Waals surface area contributed by atoms with Crippen molar-refractivity contribution in [2.45, 2.75) is 38.8 Å². The van der Waals surface area contributed by atoms with Crippen molar-refractivity contribution in [3.05, 3.63) is 34.9 Å². The molecule has 0 heterocycles. The summed E-state index contributed by atoms with van der Waals surface area (Å²) in [6.07, 6.45) is 2.53. The molecule has 0 amide bonds. The molecule has 0 radical (unpaired) electrons. The summed E-state index contributed by atoms with van der Waals surface area (Å²) in [5, 5.41) is 4.28. The fraction of sp³-hybridized carbons (Fsp3) is 0.647. The van der Waals surface area contributed by atoms with Gasteiger partial charge < -0.3 is 14.8 Å². The van der Waals surface area contributed by atoms with E-state index in [1.165, 1.54) is 12.8 Å². The summed E-state index contributed by atoms with van der Waals surface area (Å²) in [7, 11) is 0. The van der Waals surface area contributed by atoms with Crippen LogP contribution in [0.15, 0.2) is 24.3 Å². The van der Waals surface area contributed by atoms with Crippen molar-refractivity contribution in [1.29, 1.82) is 0 Å². The standard InChI is InChI=1S/C17H26ClNO2/c1-13(2)12-20-9-10-21-17(11-19-14-7-8-14)15-5-3-4-6-16(15)18/h3-6,13-14,17,19H,7-12H2,1-2H3. The molecule has 1 aliphatic carbocycles. The Hall–Kier alpha value is -0.610. The second-order valence-electron chi connectivity index (χ2n) is 6.03. The van der Waals surface area contributed by atoms with E-state index in [0.29, 0.717) is 25.2 Å². The van der Waals surface area contributed by atoms with Crippen LogP contribution in [0.3, 0.4) is 0 Å². The fourth-order valence-electron chi connectivity index (χ4n) is 2.12. The highest BCUT2D eigenvalue weighted by Crippen LogP contribution is 2.26. The highest BCUT2D eigenvalue weighted by Gasteiger charge is 2.23. The highest BCUT2D eigenvalue weighted by molar-refractivity contribution is 6.31. The van der Waals surface area contributed by atoms with E-state index in [4.69, 9.17) is 21.1 Å². The number of hydrogen-bond acceptors (Lipinski definition) is 3. The molecule has 1 atom stereocenters. The van der Waals surface area contributed by atoms with Crippen LogP contribution in [0.4, 0.5) is 0 Å². The molecule has 4 heteroatoms. The van der Waals surface area contributed by atoms with Gasteiger partial charge in [0.2, 0.25) is 0 Å². The number of nitrogens with one attached hydrogen (secondary N) is 1. The smallest absolute Gasteiger partial charge is 0.0964 e. The SMILES string of the molecule is CC(C)COCCOC(CNC1CC1)c1ccccc1Cl. The first-order valence-electron chi connectivity index (χ1n) is 7.84. The molecule has 2 rings (SSSR count). The summed E-state index contributed by atoms with van der Waals surface area (Å²) in [5.74, 6) is 0.556. The number of benzene rings is 1. The van der Waals surface area contributed by atoms with Gasteiger partial charge in [-0.15, -0.1) is 0 Å². The number of rotatable bonds is 10. The molecule has 1 fully saturated rings. The molecule has 118 valence electrons. The Balaban J connectivity index is 1.81. The Bertz CT molecular complexity index is 421. The minimum Gasteiger partial charge on any atom is -0.379 e. The average Bonchev–Trinajstić information content (AvgIpc) is 3.26. The van der Waals surface area contributed by atoms with Crippen LogP contribution in [0, 0.1) is 5.92 Å². The van der Waals surface area contributed by atoms with Gasteiger partial charge in [-0.1, -0.05) is 43.6 Å². The van der Waals surface area contributed by atoms with Crippen LogP contribution in [-0.2, 0) is 9.47 Å². The van der Waals surface area contributed by atoms with Crippen molar-refractivity contribution in [2.75, 3.05) is 26.4 Å². The van der Waals surface area contributed by atoms with E-state index in [-0.39, 0.29) is 6.10 Å². The molecule has 0 saturated heterocycles. The summed E-state index contributed by atoms with van der Waals surface area (Å²) in [6, 6.07) is 8.57. The Morgan fingerprint density at radius 1 is 1.24 bits per heavy atom. The molecule has 1 saturated carbocycles. The summed E-state index contributed by atoms with van der Waals surface area (Å²) < 4.78 is 11.6. The van der Waals surface area contributed by atoms with E-state index in [1.54, 1.807) is 0 Å². The van der Waals surface area contributed by atoms with Crippen LogP contribution in [-0.4, -0.2) is 32.4 Å². The van der Waals surface area contributed by atoms with Crippen molar-refractivity contribution in [3.8, 4) is 0 Å². The van der Waals surface area contributed by atoms with Crippen molar-refractivity contribution in [2.24, 2.45) is 5.92 Å². The van der Waals surface area contributed by atoms with Crippen LogP contribution in [0.2, 0.25) is 5.02 Å².